The molecule has 5 N–H and O–H groups in total. The Morgan fingerprint density at radius 2 is 2.14 bits per heavy atom. The maximum Gasteiger partial charge on any atom is 0.273 e. The molecule has 0 radical (unpaired) electrons. The van der Waals surface area contributed by atoms with E-state index in [-0.39, 0.29) is 23.8 Å². The molecule has 9 nitrogen and oxygen atoms in total. The number of carbonyl (C=O) groups excluding carboxylic acids is 1. The molecule has 2 aromatic rings. The predicted molar refractivity (Wildman–Crippen MR) is 80.3 cm³/mol. The van der Waals surface area contributed by atoms with Crippen LogP contribution in [0, 0.1) is 6.92 Å². The molecule has 0 spiro atoms. The van der Waals surface area contributed by atoms with Gasteiger partial charge in [-0.2, -0.15) is 20.4 Å². The summed E-state index contributed by atoms with van der Waals surface area (Å²) < 4.78 is 0. The summed E-state index contributed by atoms with van der Waals surface area (Å²) in [4.78, 5) is 20.4. The van der Waals surface area contributed by atoms with Gasteiger partial charge in [-0.3, -0.25) is 4.79 Å². The van der Waals surface area contributed by atoms with Gasteiger partial charge in [0.25, 0.3) is 5.91 Å². The number of nitrogens with two attached hydrogens (primary N) is 1. The monoisotopic (exact) mass is 302 g/mol. The van der Waals surface area contributed by atoms with Crippen LogP contribution in [-0.2, 0) is 0 Å². The SMILES string of the molecule is CNc1cc(C2CC(NC(=O)c3n[nH]nc3C)C2)nc(N)n1. The fraction of sp³-hybridized carbons (Fsp3) is 0.462. The number of rotatable bonds is 4. The van der Waals surface area contributed by atoms with Crippen molar-refractivity contribution in [2.75, 3.05) is 18.1 Å². The maximum absolute atomic E-state index is 12.0. The average Bonchev–Trinajstić information content (AvgIpc) is 2.87. The number of hydrogen-bond donors (Lipinski definition) is 4. The number of H-pyrrole nitrogens is 1. The zero-order chi connectivity index (χ0) is 15.7. The molecule has 0 aromatic carbocycles. The van der Waals surface area contributed by atoms with Crippen LogP contribution in [0.25, 0.3) is 0 Å². The minimum Gasteiger partial charge on any atom is -0.373 e. The van der Waals surface area contributed by atoms with Gasteiger partial charge in [0.2, 0.25) is 5.95 Å². The third-order valence-corrected chi connectivity index (χ3v) is 3.85. The molecule has 2 aromatic heterocycles. The first-order valence-electron chi connectivity index (χ1n) is 7.07. The Morgan fingerprint density at radius 1 is 1.36 bits per heavy atom. The lowest BCUT2D eigenvalue weighted by Gasteiger charge is -2.35. The van der Waals surface area contributed by atoms with E-state index >= 15 is 0 Å². The quantitative estimate of drug-likeness (QED) is 0.633. The molecule has 1 fully saturated rings. The van der Waals surface area contributed by atoms with Crippen LogP contribution in [0.5, 0.6) is 0 Å². The first-order valence-corrected chi connectivity index (χ1v) is 7.07. The topological polar surface area (TPSA) is 134 Å². The van der Waals surface area contributed by atoms with E-state index in [4.69, 9.17) is 5.73 Å². The Labute approximate surface area is 127 Å². The Kier molecular flexibility index (Phi) is 3.61. The summed E-state index contributed by atoms with van der Waals surface area (Å²) in [7, 11) is 1.79. The van der Waals surface area contributed by atoms with Crippen molar-refractivity contribution in [3.63, 3.8) is 0 Å². The molecule has 0 saturated heterocycles. The van der Waals surface area contributed by atoms with Gasteiger partial charge >= 0.3 is 0 Å². The van der Waals surface area contributed by atoms with E-state index < -0.39 is 0 Å². The van der Waals surface area contributed by atoms with Gasteiger partial charge in [-0.1, -0.05) is 0 Å². The van der Waals surface area contributed by atoms with E-state index in [2.05, 4.69) is 36.0 Å². The van der Waals surface area contributed by atoms with Crippen LogP contribution in [0.15, 0.2) is 6.07 Å². The molecule has 0 aliphatic heterocycles. The third-order valence-electron chi connectivity index (χ3n) is 3.85. The minimum absolute atomic E-state index is 0.114. The van der Waals surface area contributed by atoms with Crippen molar-refractivity contribution in [2.24, 2.45) is 0 Å². The maximum atomic E-state index is 12.0. The highest BCUT2D eigenvalue weighted by Gasteiger charge is 2.33. The van der Waals surface area contributed by atoms with E-state index in [1.165, 1.54) is 0 Å². The molecular formula is C13H18N8O. The van der Waals surface area contributed by atoms with Crippen LogP contribution < -0.4 is 16.4 Å². The van der Waals surface area contributed by atoms with E-state index in [1.54, 1.807) is 14.0 Å². The van der Waals surface area contributed by atoms with Crippen molar-refractivity contribution in [1.29, 1.82) is 0 Å². The fourth-order valence-electron chi connectivity index (χ4n) is 2.55. The van der Waals surface area contributed by atoms with Crippen LogP contribution >= 0.6 is 0 Å². The van der Waals surface area contributed by atoms with Crippen molar-refractivity contribution in [2.45, 2.75) is 31.7 Å². The summed E-state index contributed by atoms with van der Waals surface area (Å²) in [5, 5.41) is 16.0. The number of aromatic amines is 1. The smallest absolute Gasteiger partial charge is 0.273 e. The number of nitrogens with one attached hydrogen (secondary N) is 3. The zero-order valence-corrected chi connectivity index (χ0v) is 12.4. The summed E-state index contributed by atoms with van der Waals surface area (Å²) in [5.74, 6) is 1.04. The van der Waals surface area contributed by atoms with Crippen molar-refractivity contribution in [3.8, 4) is 0 Å². The Balaban J connectivity index is 1.59. The largest absolute Gasteiger partial charge is 0.373 e. The van der Waals surface area contributed by atoms with E-state index in [0.29, 0.717) is 17.2 Å². The lowest BCUT2D eigenvalue weighted by atomic mass is 9.78. The van der Waals surface area contributed by atoms with Crippen molar-refractivity contribution < 1.29 is 4.79 Å². The Morgan fingerprint density at radius 3 is 2.77 bits per heavy atom. The first kappa shape index (κ1) is 14.2. The van der Waals surface area contributed by atoms with Crippen molar-refractivity contribution in [3.05, 3.63) is 23.1 Å². The molecule has 0 atom stereocenters. The number of aromatic nitrogens is 5. The number of hydrogen-bond acceptors (Lipinski definition) is 7. The molecule has 2 heterocycles. The summed E-state index contributed by atoms with van der Waals surface area (Å²) in [5.41, 5.74) is 7.53. The second-order valence-electron chi connectivity index (χ2n) is 5.38. The van der Waals surface area contributed by atoms with Gasteiger partial charge in [0, 0.05) is 25.1 Å². The molecule has 1 aliphatic carbocycles. The van der Waals surface area contributed by atoms with Crippen LogP contribution in [0.4, 0.5) is 11.8 Å². The third kappa shape index (κ3) is 2.69. The normalized spacial score (nSPS) is 20.3. The van der Waals surface area contributed by atoms with Gasteiger partial charge in [0.1, 0.15) is 5.82 Å². The zero-order valence-electron chi connectivity index (χ0n) is 12.4. The van der Waals surface area contributed by atoms with Gasteiger partial charge in [-0.05, 0) is 19.8 Å². The summed E-state index contributed by atoms with van der Waals surface area (Å²) >= 11 is 0. The molecule has 0 bridgehead atoms. The molecule has 22 heavy (non-hydrogen) atoms. The summed E-state index contributed by atoms with van der Waals surface area (Å²) in [6.07, 6.45) is 1.64. The molecule has 116 valence electrons. The molecule has 1 aliphatic rings. The molecule has 9 heteroatoms. The number of nitrogens with zero attached hydrogens (tertiary/aromatic N) is 4. The van der Waals surface area contributed by atoms with Crippen LogP contribution in [0.3, 0.4) is 0 Å². The highest BCUT2D eigenvalue weighted by molar-refractivity contribution is 5.93. The molecule has 3 rings (SSSR count). The molecular weight excluding hydrogens is 284 g/mol. The summed E-state index contributed by atoms with van der Waals surface area (Å²) in [6.45, 7) is 1.74. The highest BCUT2D eigenvalue weighted by atomic mass is 16.2. The van der Waals surface area contributed by atoms with Crippen LogP contribution in [-0.4, -0.2) is 44.4 Å². The van der Waals surface area contributed by atoms with Crippen molar-refractivity contribution in [1.82, 2.24) is 30.7 Å². The number of anilines is 2. The van der Waals surface area contributed by atoms with Crippen LogP contribution in [0.1, 0.15) is 40.6 Å². The number of carbonyl (C=O) groups is 1. The Bertz CT molecular complexity index is 691. The second-order valence-corrected chi connectivity index (χ2v) is 5.38. The number of nitrogen functional groups attached to an aromatic ring is 1. The minimum atomic E-state index is -0.201. The first-order chi connectivity index (χ1) is 10.6. The fourth-order valence-corrected chi connectivity index (χ4v) is 2.55. The van der Waals surface area contributed by atoms with E-state index in [1.807, 2.05) is 6.07 Å². The van der Waals surface area contributed by atoms with Gasteiger partial charge < -0.3 is 16.4 Å². The van der Waals surface area contributed by atoms with Gasteiger partial charge in [0.15, 0.2) is 5.69 Å². The summed E-state index contributed by atoms with van der Waals surface area (Å²) in [6, 6.07) is 2.00. The predicted octanol–water partition coefficient (Wildman–Crippen LogP) is 0.203. The van der Waals surface area contributed by atoms with Gasteiger partial charge in [-0.15, -0.1) is 0 Å². The van der Waals surface area contributed by atoms with Gasteiger partial charge in [-0.25, -0.2) is 4.98 Å². The number of aryl methyl sites for hydroxylation is 1. The Hall–Kier alpha value is -2.71. The lowest BCUT2D eigenvalue weighted by molar-refractivity contribution is 0.0902. The lowest BCUT2D eigenvalue weighted by Crippen LogP contribution is -2.43. The van der Waals surface area contributed by atoms with Crippen molar-refractivity contribution >= 4 is 17.7 Å². The molecule has 1 amide bonds. The van der Waals surface area contributed by atoms with Crippen LogP contribution in [0.2, 0.25) is 0 Å². The second kappa shape index (κ2) is 5.58. The standard InChI is InChI=1S/C13H18N8O/c1-6-11(20-21-19-6)12(22)16-8-3-7(4-8)9-5-10(15-2)18-13(14)17-9/h5,7-8H,3-4H2,1-2H3,(H,16,22)(H,19,20,21)(H3,14,15,17,18). The van der Waals surface area contributed by atoms with E-state index in [9.17, 15) is 4.79 Å². The number of amides is 1. The highest BCUT2D eigenvalue weighted by Crippen LogP contribution is 2.36. The van der Waals surface area contributed by atoms with Gasteiger partial charge in [0.05, 0.1) is 11.4 Å². The van der Waals surface area contributed by atoms with E-state index in [0.717, 1.165) is 18.5 Å². The average molecular weight is 302 g/mol. The molecule has 0 unspecified atom stereocenters. The molecule has 1 saturated carbocycles.